The zero-order chi connectivity index (χ0) is 18.4. The summed E-state index contributed by atoms with van der Waals surface area (Å²) in [5.74, 6) is 0.948. The van der Waals surface area contributed by atoms with Crippen molar-refractivity contribution in [2.24, 2.45) is 4.99 Å². The Morgan fingerprint density at radius 2 is 2.19 bits per heavy atom. The molecule has 3 rings (SSSR count). The van der Waals surface area contributed by atoms with Gasteiger partial charge in [-0.25, -0.2) is 9.98 Å². The summed E-state index contributed by atoms with van der Waals surface area (Å²) in [6, 6.07) is 7.98. The van der Waals surface area contributed by atoms with E-state index in [0.717, 1.165) is 35.3 Å². The number of carbonyl (C=O) groups is 1. The van der Waals surface area contributed by atoms with Gasteiger partial charge < -0.3 is 16.0 Å². The van der Waals surface area contributed by atoms with Crippen molar-refractivity contribution >= 4 is 28.9 Å². The lowest BCUT2D eigenvalue weighted by Crippen LogP contribution is -2.40. The largest absolute Gasteiger partial charge is 0.357 e. The van der Waals surface area contributed by atoms with Crippen LogP contribution in [0, 0.1) is 0 Å². The fraction of sp³-hybridized carbons (Fsp3) is 0.421. The normalized spacial score (nSPS) is 16.8. The molecule has 0 saturated heterocycles. The fourth-order valence-corrected chi connectivity index (χ4v) is 3.73. The predicted molar refractivity (Wildman–Crippen MR) is 107 cm³/mol. The monoisotopic (exact) mass is 371 g/mol. The number of thiazole rings is 1. The number of anilines is 1. The molecule has 2 aromatic rings. The second kappa shape index (κ2) is 8.80. The Kier molecular flexibility index (Phi) is 6.22. The van der Waals surface area contributed by atoms with Crippen molar-refractivity contribution in [1.82, 2.24) is 15.6 Å². The molecule has 0 spiro atoms. The molecule has 1 atom stereocenters. The summed E-state index contributed by atoms with van der Waals surface area (Å²) in [4.78, 5) is 21.1. The summed E-state index contributed by atoms with van der Waals surface area (Å²) in [6.45, 7) is 6.14. The lowest BCUT2D eigenvalue weighted by atomic mass is 9.90. The summed E-state index contributed by atoms with van der Waals surface area (Å²) < 4.78 is 0. The van der Waals surface area contributed by atoms with Crippen LogP contribution >= 0.6 is 11.3 Å². The Morgan fingerprint density at radius 3 is 2.96 bits per heavy atom. The molecule has 1 aliphatic heterocycles. The zero-order valence-corrected chi connectivity index (χ0v) is 16.0. The molecule has 6 nitrogen and oxygen atoms in total. The molecule has 26 heavy (non-hydrogen) atoms. The number of nitrogens with one attached hydrogen (secondary N) is 3. The van der Waals surface area contributed by atoms with Gasteiger partial charge in [0.2, 0.25) is 5.91 Å². The molecule has 1 aromatic heterocycles. The van der Waals surface area contributed by atoms with E-state index < -0.39 is 0 Å². The van der Waals surface area contributed by atoms with Gasteiger partial charge in [0, 0.05) is 36.5 Å². The second-order valence-corrected chi connectivity index (χ2v) is 7.14. The molecule has 7 heteroatoms. The second-order valence-electron chi connectivity index (χ2n) is 6.20. The SMILES string of the molecule is CCNC(=NCc1csc(CC)n1)NCC1CC(=O)Nc2ccccc21. The first-order chi connectivity index (χ1) is 12.7. The van der Waals surface area contributed by atoms with Gasteiger partial charge in [0.15, 0.2) is 5.96 Å². The van der Waals surface area contributed by atoms with Crippen molar-refractivity contribution in [3.63, 3.8) is 0 Å². The van der Waals surface area contributed by atoms with Crippen LogP contribution in [0.4, 0.5) is 5.69 Å². The Bertz CT molecular complexity index is 786. The first kappa shape index (κ1) is 18.4. The minimum atomic E-state index is 0.0620. The quantitative estimate of drug-likeness (QED) is 0.539. The Balaban J connectivity index is 1.65. The Morgan fingerprint density at radius 1 is 1.35 bits per heavy atom. The van der Waals surface area contributed by atoms with E-state index in [0.29, 0.717) is 19.5 Å². The minimum absolute atomic E-state index is 0.0620. The van der Waals surface area contributed by atoms with Gasteiger partial charge in [-0.15, -0.1) is 11.3 Å². The van der Waals surface area contributed by atoms with E-state index in [9.17, 15) is 4.79 Å². The first-order valence-corrected chi connectivity index (χ1v) is 9.91. The lowest BCUT2D eigenvalue weighted by Gasteiger charge is -2.26. The molecule has 1 aromatic carbocycles. The van der Waals surface area contributed by atoms with Gasteiger partial charge in [0.05, 0.1) is 17.2 Å². The van der Waals surface area contributed by atoms with Crippen molar-refractivity contribution in [2.75, 3.05) is 18.4 Å². The molecule has 1 amide bonds. The highest BCUT2D eigenvalue weighted by Crippen LogP contribution is 2.31. The average Bonchev–Trinajstić information content (AvgIpc) is 3.11. The predicted octanol–water partition coefficient (Wildman–Crippen LogP) is 2.89. The number of benzene rings is 1. The maximum Gasteiger partial charge on any atom is 0.225 e. The molecule has 1 unspecified atom stereocenters. The number of amides is 1. The fourth-order valence-electron chi connectivity index (χ4n) is 2.99. The molecule has 1 aliphatic rings. The summed E-state index contributed by atoms with van der Waals surface area (Å²) in [5.41, 5.74) is 3.07. The number of aromatic nitrogens is 1. The Hall–Kier alpha value is -2.41. The highest BCUT2D eigenvalue weighted by molar-refractivity contribution is 7.09. The zero-order valence-electron chi connectivity index (χ0n) is 15.2. The number of rotatable bonds is 6. The van der Waals surface area contributed by atoms with Gasteiger partial charge in [-0.1, -0.05) is 25.1 Å². The molecular formula is C19H25N5OS. The van der Waals surface area contributed by atoms with E-state index in [1.54, 1.807) is 11.3 Å². The molecular weight excluding hydrogens is 346 g/mol. The number of fused-ring (bicyclic) bond motifs is 1. The summed E-state index contributed by atoms with van der Waals surface area (Å²) in [7, 11) is 0. The smallest absolute Gasteiger partial charge is 0.225 e. The van der Waals surface area contributed by atoms with E-state index in [4.69, 9.17) is 0 Å². The third kappa shape index (κ3) is 4.60. The summed E-state index contributed by atoms with van der Waals surface area (Å²) in [6.07, 6.45) is 1.44. The third-order valence-corrected chi connectivity index (χ3v) is 5.31. The lowest BCUT2D eigenvalue weighted by molar-refractivity contribution is -0.116. The van der Waals surface area contributed by atoms with Crippen LogP contribution in [0.25, 0.3) is 0 Å². The molecule has 0 saturated carbocycles. The molecule has 0 radical (unpaired) electrons. The van der Waals surface area contributed by atoms with Crippen molar-refractivity contribution < 1.29 is 4.79 Å². The minimum Gasteiger partial charge on any atom is -0.357 e. The van der Waals surface area contributed by atoms with E-state index >= 15 is 0 Å². The number of para-hydroxylation sites is 1. The molecule has 2 heterocycles. The molecule has 0 fully saturated rings. The van der Waals surface area contributed by atoms with Crippen molar-refractivity contribution in [3.8, 4) is 0 Å². The highest BCUT2D eigenvalue weighted by Gasteiger charge is 2.24. The van der Waals surface area contributed by atoms with Crippen LogP contribution in [0.3, 0.4) is 0 Å². The van der Waals surface area contributed by atoms with Crippen molar-refractivity contribution in [2.45, 2.75) is 39.2 Å². The van der Waals surface area contributed by atoms with Crippen molar-refractivity contribution in [1.29, 1.82) is 0 Å². The number of hydrogen-bond acceptors (Lipinski definition) is 4. The van der Waals surface area contributed by atoms with Gasteiger partial charge in [-0.2, -0.15) is 0 Å². The number of aliphatic imine (C=N–C) groups is 1. The molecule has 3 N–H and O–H groups in total. The molecule has 0 aliphatic carbocycles. The van der Waals surface area contributed by atoms with Crippen LogP contribution < -0.4 is 16.0 Å². The van der Waals surface area contributed by atoms with Gasteiger partial charge >= 0.3 is 0 Å². The van der Waals surface area contributed by atoms with Gasteiger partial charge in [0.1, 0.15) is 0 Å². The van der Waals surface area contributed by atoms with E-state index in [1.165, 1.54) is 5.56 Å². The van der Waals surface area contributed by atoms with Crippen LogP contribution in [0.2, 0.25) is 0 Å². The number of guanidine groups is 1. The van der Waals surface area contributed by atoms with Crippen LogP contribution in [0.15, 0.2) is 34.6 Å². The Labute approximate surface area is 158 Å². The van der Waals surface area contributed by atoms with E-state index in [1.807, 2.05) is 25.1 Å². The van der Waals surface area contributed by atoms with Crippen molar-refractivity contribution in [3.05, 3.63) is 45.9 Å². The maximum absolute atomic E-state index is 12.0. The van der Waals surface area contributed by atoms with Crippen LogP contribution in [-0.4, -0.2) is 29.9 Å². The summed E-state index contributed by atoms with van der Waals surface area (Å²) in [5, 5.41) is 12.8. The van der Waals surface area contributed by atoms with Gasteiger partial charge in [-0.05, 0) is 25.0 Å². The first-order valence-electron chi connectivity index (χ1n) is 9.03. The molecule has 0 bridgehead atoms. The van der Waals surface area contributed by atoms with Gasteiger partial charge in [0.25, 0.3) is 0 Å². The average molecular weight is 372 g/mol. The standard InChI is InChI=1S/C19H25N5OS/c1-3-18-23-14(12-26-18)11-22-19(20-4-2)21-10-13-9-17(25)24-16-8-6-5-7-15(13)16/h5-8,12-13H,3-4,9-11H2,1-2H3,(H,24,25)(H2,20,21,22). The maximum atomic E-state index is 12.0. The summed E-state index contributed by atoms with van der Waals surface area (Å²) >= 11 is 1.68. The van der Waals surface area contributed by atoms with Crippen LogP contribution in [0.1, 0.15) is 42.5 Å². The number of aryl methyl sites for hydroxylation is 1. The van der Waals surface area contributed by atoms with E-state index in [-0.39, 0.29) is 11.8 Å². The topological polar surface area (TPSA) is 78.4 Å². The number of hydrogen-bond donors (Lipinski definition) is 3. The molecule has 138 valence electrons. The number of nitrogens with zero attached hydrogens (tertiary/aromatic N) is 2. The highest BCUT2D eigenvalue weighted by atomic mass is 32.1. The third-order valence-electron chi connectivity index (χ3n) is 4.27. The van der Waals surface area contributed by atoms with E-state index in [2.05, 4.69) is 44.3 Å². The van der Waals surface area contributed by atoms with Crippen LogP contribution in [-0.2, 0) is 17.8 Å². The number of carbonyl (C=O) groups excluding carboxylic acids is 1. The van der Waals surface area contributed by atoms with Crippen LogP contribution in [0.5, 0.6) is 0 Å². The van der Waals surface area contributed by atoms with Gasteiger partial charge in [-0.3, -0.25) is 4.79 Å².